The fourth-order valence-electron chi connectivity index (χ4n) is 2.96. The molecule has 1 rings (SSSR count). The second-order valence-electron chi connectivity index (χ2n) is 8.11. The molecule has 194 valence electrons. The monoisotopic (exact) mass is 498 g/mol. The predicted octanol–water partition coefficient (Wildman–Crippen LogP) is -2.19. The van der Waals surface area contributed by atoms with E-state index in [2.05, 4.69) is 25.9 Å². The normalized spacial score (nSPS) is 14.3. The van der Waals surface area contributed by atoms with Gasteiger partial charge < -0.3 is 42.0 Å². The third kappa shape index (κ3) is 10.2. The Hall–Kier alpha value is -4.01. The van der Waals surface area contributed by atoms with Crippen molar-refractivity contribution in [2.75, 3.05) is 0 Å². The van der Waals surface area contributed by atoms with Crippen LogP contribution in [0.3, 0.4) is 0 Å². The van der Waals surface area contributed by atoms with E-state index >= 15 is 0 Å². The van der Waals surface area contributed by atoms with Gasteiger partial charge in [-0.2, -0.15) is 0 Å². The zero-order valence-corrected chi connectivity index (χ0v) is 19.2. The van der Waals surface area contributed by atoms with Crippen LogP contribution in [-0.2, 0) is 35.2 Å². The van der Waals surface area contributed by atoms with Crippen molar-refractivity contribution in [2.24, 2.45) is 11.7 Å². The van der Waals surface area contributed by atoms with Crippen molar-refractivity contribution < 1.29 is 44.1 Å². The Balaban J connectivity index is 3.03. The number of carboxylic acids is 3. The largest absolute Gasteiger partial charge is 0.481 e. The number of nitrogens with one attached hydrogen (secondary N) is 4. The molecule has 3 amide bonds. The highest BCUT2D eigenvalue weighted by atomic mass is 16.4. The smallest absolute Gasteiger partial charge is 0.326 e. The van der Waals surface area contributed by atoms with Gasteiger partial charge in [-0.25, -0.2) is 9.78 Å². The lowest BCUT2D eigenvalue weighted by atomic mass is 10.0. The fraction of sp³-hybridized carbons (Fsp3) is 0.550. The minimum atomic E-state index is -1.52. The number of carbonyl (C=O) groups is 6. The van der Waals surface area contributed by atoms with Gasteiger partial charge in [0.15, 0.2) is 0 Å². The summed E-state index contributed by atoms with van der Waals surface area (Å²) < 4.78 is 0. The molecule has 0 aromatic carbocycles. The first-order chi connectivity index (χ1) is 16.3. The number of H-pyrrole nitrogens is 1. The molecule has 0 aliphatic rings. The molecule has 0 spiro atoms. The lowest BCUT2D eigenvalue weighted by Gasteiger charge is -2.26. The number of nitrogens with zero attached hydrogens (tertiary/aromatic N) is 1. The SMILES string of the molecule is CC(C)C(NC(=O)C(N)CC(=O)O)C(=O)NC(Cc1cnc[nH]1)C(=O)NC(CCC(=O)O)C(=O)O. The van der Waals surface area contributed by atoms with Crippen molar-refractivity contribution in [3.05, 3.63) is 18.2 Å². The second-order valence-corrected chi connectivity index (χ2v) is 8.11. The molecular formula is C20H30N6O9. The fourth-order valence-corrected chi connectivity index (χ4v) is 2.96. The Bertz CT molecular complexity index is 918. The van der Waals surface area contributed by atoms with Crippen molar-refractivity contribution in [1.29, 1.82) is 0 Å². The zero-order chi connectivity index (χ0) is 26.7. The van der Waals surface area contributed by atoms with Crippen LogP contribution in [0.25, 0.3) is 0 Å². The van der Waals surface area contributed by atoms with Gasteiger partial charge in [0.2, 0.25) is 17.7 Å². The van der Waals surface area contributed by atoms with Gasteiger partial charge in [0.1, 0.15) is 18.1 Å². The van der Waals surface area contributed by atoms with Crippen molar-refractivity contribution in [2.45, 2.75) is 63.7 Å². The summed E-state index contributed by atoms with van der Waals surface area (Å²) >= 11 is 0. The number of imidazole rings is 1. The average Bonchev–Trinajstić information content (AvgIpc) is 3.25. The molecule has 0 bridgehead atoms. The first-order valence-electron chi connectivity index (χ1n) is 10.6. The predicted molar refractivity (Wildman–Crippen MR) is 118 cm³/mol. The number of hydrogen-bond acceptors (Lipinski definition) is 8. The molecule has 0 saturated carbocycles. The van der Waals surface area contributed by atoms with Crippen LogP contribution in [0, 0.1) is 5.92 Å². The second kappa shape index (κ2) is 13.6. The van der Waals surface area contributed by atoms with Crippen LogP contribution >= 0.6 is 0 Å². The van der Waals surface area contributed by atoms with Crippen molar-refractivity contribution >= 4 is 35.6 Å². The maximum atomic E-state index is 13.0. The zero-order valence-electron chi connectivity index (χ0n) is 19.2. The van der Waals surface area contributed by atoms with Gasteiger partial charge in [-0.3, -0.25) is 24.0 Å². The van der Waals surface area contributed by atoms with E-state index in [4.69, 9.17) is 15.9 Å². The highest BCUT2D eigenvalue weighted by molar-refractivity contribution is 5.95. The van der Waals surface area contributed by atoms with E-state index in [-0.39, 0.29) is 12.8 Å². The van der Waals surface area contributed by atoms with Crippen molar-refractivity contribution in [1.82, 2.24) is 25.9 Å². The number of aromatic amines is 1. The third-order valence-electron chi connectivity index (χ3n) is 4.85. The van der Waals surface area contributed by atoms with Gasteiger partial charge >= 0.3 is 17.9 Å². The molecule has 0 radical (unpaired) electrons. The van der Waals surface area contributed by atoms with Crippen LogP contribution < -0.4 is 21.7 Å². The molecule has 4 atom stereocenters. The maximum Gasteiger partial charge on any atom is 0.326 e. The topological polar surface area (TPSA) is 254 Å². The lowest BCUT2D eigenvalue weighted by molar-refractivity contribution is -0.143. The van der Waals surface area contributed by atoms with Crippen molar-refractivity contribution in [3.63, 3.8) is 0 Å². The molecule has 1 aromatic rings. The summed E-state index contributed by atoms with van der Waals surface area (Å²) in [6.45, 7) is 3.20. The Labute approximate surface area is 199 Å². The van der Waals surface area contributed by atoms with Crippen LogP contribution in [-0.4, -0.2) is 85.1 Å². The number of rotatable bonds is 15. The molecule has 0 fully saturated rings. The molecule has 1 aromatic heterocycles. The van der Waals surface area contributed by atoms with Crippen LogP contribution in [0.5, 0.6) is 0 Å². The number of hydrogen-bond donors (Lipinski definition) is 8. The number of nitrogens with two attached hydrogens (primary N) is 1. The summed E-state index contributed by atoms with van der Waals surface area (Å²) in [5.41, 5.74) is 5.97. The van der Waals surface area contributed by atoms with Gasteiger partial charge in [0.25, 0.3) is 0 Å². The standard InChI is InChI=1S/C20H30N6O9/c1-9(2)16(26-17(31)11(21)6-15(29)30)19(33)25-13(5-10-7-22-8-23-10)18(32)24-12(20(34)35)3-4-14(27)28/h7-9,11-13,16H,3-6,21H2,1-2H3,(H,22,23)(H,24,32)(H,25,33)(H,26,31)(H,27,28)(H,29,30)(H,34,35). The van der Waals surface area contributed by atoms with E-state index < -0.39 is 78.6 Å². The van der Waals surface area contributed by atoms with Gasteiger partial charge in [0, 0.05) is 24.7 Å². The first-order valence-corrected chi connectivity index (χ1v) is 10.6. The molecular weight excluding hydrogens is 468 g/mol. The minimum Gasteiger partial charge on any atom is -0.481 e. The summed E-state index contributed by atoms with van der Waals surface area (Å²) in [7, 11) is 0. The summed E-state index contributed by atoms with van der Waals surface area (Å²) in [6, 6.07) is -5.44. The highest BCUT2D eigenvalue weighted by Crippen LogP contribution is 2.07. The number of aromatic nitrogens is 2. The quantitative estimate of drug-likeness (QED) is 0.129. The Kier molecular flexibility index (Phi) is 11.3. The summed E-state index contributed by atoms with van der Waals surface area (Å²) in [4.78, 5) is 77.7. The first kappa shape index (κ1) is 29.0. The van der Waals surface area contributed by atoms with E-state index in [1.807, 2.05) is 0 Å². The minimum absolute atomic E-state index is 0.125. The maximum absolute atomic E-state index is 13.0. The van der Waals surface area contributed by atoms with E-state index in [0.717, 1.165) is 0 Å². The van der Waals surface area contributed by atoms with E-state index in [1.54, 1.807) is 13.8 Å². The van der Waals surface area contributed by atoms with Gasteiger partial charge in [0.05, 0.1) is 18.8 Å². The van der Waals surface area contributed by atoms with Crippen LogP contribution in [0.15, 0.2) is 12.5 Å². The van der Waals surface area contributed by atoms with Gasteiger partial charge in [-0.05, 0) is 12.3 Å². The van der Waals surface area contributed by atoms with E-state index in [0.29, 0.717) is 5.69 Å². The van der Waals surface area contributed by atoms with Crippen LogP contribution in [0.4, 0.5) is 0 Å². The number of amides is 3. The summed E-state index contributed by atoms with van der Waals surface area (Å²) in [5, 5.41) is 34.0. The molecule has 35 heavy (non-hydrogen) atoms. The van der Waals surface area contributed by atoms with Gasteiger partial charge in [-0.1, -0.05) is 13.8 Å². The molecule has 0 aliphatic heterocycles. The lowest BCUT2D eigenvalue weighted by Crippen LogP contribution is -2.59. The molecule has 1 heterocycles. The molecule has 4 unspecified atom stereocenters. The third-order valence-corrected chi connectivity index (χ3v) is 4.85. The number of carboxylic acid groups (broad SMARTS) is 3. The van der Waals surface area contributed by atoms with Gasteiger partial charge in [-0.15, -0.1) is 0 Å². The summed E-state index contributed by atoms with van der Waals surface area (Å²) in [5.74, 6) is -7.07. The molecule has 9 N–H and O–H groups in total. The molecule has 0 saturated heterocycles. The van der Waals surface area contributed by atoms with Crippen LogP contribution in [0.1, 0.15) is 38.8 Å². The van der Waals surface area contributed by atoms with Crippen LogP contribution in [0.2, 0.25) is 0 Å². The van der Waals surface area contributed by atoms with E-state index in [9.17, 15) is 33.9 Å². The molecule has 15 nitrogen and oxygen atoms in total. The Morgan fingerprint density at radius 1 is 0.943 bits per heavy atom. The highest BCUT2D eigenvalue weighted by Gasteiger charge is 2.32. The average molecular weight is 498 g/mol. The number of aliphatic carboxylic acids is 3. The Morgan fingerprint density at radius 3 is 2.06 bits per heavy atom. The van der Waals surface area contributed by atoms with E-state index in [1.165, 1.54) is 12.5 Å². The van der Waals surface area contributed by atoms with Crippen molar-refractivity contribution in [3.8, 4) is 0 Å². The molecule has 15 heteroatoms. The number of carbonyl (C=O) groups excluding carboxylic acids is 3. The Morgan fingerprint density at radius 2 is 1.57 bits per heavy atom. The molecule has 0 aliphatic carbocycles. The summed E-state index contributed by atoms with van der Waals surface area (Å²) in [6.07, 6.45) is 1.05.